The van der Waals surface area contributed by atoms with E-state index in [4.69, 9.17) is 0 Å². The summed E-state index contributed by atoms with van der Waals surface area (Å²) < 4.78 is 26.0. The van der Waals surface area contributed by atoms with Gasteiger partial charge < -0.3 is 5.32 Å². The molecule has 0 saturated carbocycles. The van der Waals surface area contributed by atoms with Gasteiger partial charge in [0.2, 0.25) is 10.0 Å². The first-order valence-electron chi connectivity index (χ1n) is 7.44. The second-order valence-corrected chi connectivity index (χ2v) is 7.86. The van der Waals surface area contributed by atoms with Crippen LogP contribution >= 0.6 is 0 Å². The lowest BCUT2D eigenvalue weighted by molar-refractivity contribution is 0.0950. The van der Waals surface area contributed by atoms with Crippen molar-refractivity contribution < 1.29 is 13.2 Å². The Kier molecular flexibility index (Phi) is 5.36. The lowest BCUT2D eigenvalue weighted by Crippen LogP contribution is -2.26. The summed E-state index contributed by atoms with van der Waals surface area (Å²) in [6, 6.07) is 6.75. The highest BCUT2D eigenvalue weighted by atomic mass is 32.2. The summed E-state index contributed by atoms with van der Waals surface area (Å²) in [7, 11) is -0.663. The number of carbonyl (C=O) groups excluding carboxylic acids is 1. The molecule has 1 aromatic heterocycles. The van der Waals surface area contributed by atoms with Crippen LogP contribution < -0.4 is 5.32 Å². The summed E-state index contributed by atoms with van der Waals surface area (Å²) in [4.78, 5) is 16.5. The van der Waals surface area contributed by atoms with Crippen LogP contribution in [0.3, 0.4) is 0 Å². The van der Waals surface area contributed by atoms with Gasteiger partial charge in [-0.15, -0.1) is 0 Å². The van der Waals surface area contributed by atoms with Crippen LogP contribution in [-0.2, 0) is 16.6 Å². The zero-order chi connectivity index (χ0) is 17.9. The van der Waals surface area contributed by atoms with E-state index in [1.54, 1.807) is 32.3 Å². The Hall–Kier alpha value is -2.25. The Bertz CT molecular complexity index is 847. The molecule has 128 valence electrons. The number of carbonyl (C=O) groups is 1. The van der Waals surface area contributed by atoms with Gasteiger partial charge in [0, 0.05) is 38.6 Å². The lowest BCUT2D eigenvalue weighted by atomic mass is 10.1. The van der Waals surface area contributed by atoms with E-state index in [2.05, 4.69) is 10.3 Å². The number of aromatic nitrogens is 1. The average Bonchev–Trinajstić information content (AvgIpc) is 2.55. The van der Waals surface area contributed by atoms with Gasteiger partial charge >= 0.3 is 0 Å². The van der Waals surface area contributed by atoms with E-state index in [-0.39, 0.29) is 10.8 Å². The molecule has 0 saturated heterocycles. The van der Waals surface area contributed by atoms with Crippen molar-refractivity contribution >= 4 is 15.9 Å². The molecule has 1 N–H and O–H groups in total. The van der Waals surface area contributed by atoms with Crippen molar-refractivity contribution in [1.29, 1.82) is 0 Å². The number of hydrogen-bond acceptors (Lipinski definition) is 4. The van der Waals surface area contributed by atoms with E-state index in [0.717, 1.165) is 15.4 Å². The van der Waals surface area contributed by atoms with Crippen LogP contribution in [0.2, 0.25) is 0 Å². The molecule has 0 aliphatic heterocycles. The van der Waals surface area contributed by atoms with E-state index >= 15 is 0 Å². The lowest BCUT2D eigenvalue weighted by Gasteiger charge is -2.16. The Morgan fingerprint density at radius 1 is 1.17 bits per heavy atom. The average molecular weight is 347 g/mol. The van der Waals surface area contributed by atoms with Gasteiger partial charge in [0.05, 0.1) is 4.90 Å². The molecule has 6 nitrogen and oxygen atoms in total. The molecule has 0 fully saturated rings. The highest BCUT2D eigenvalue weighted by molar-refractivity contribution is 7.89. The molecule has 0 aliphatic carbocycles. The van der Waals surface area contributed by atoms with Crippen molar-refractivity contribution in [3.05, 3.63) is 58.9 Å². The number of benzene rings is 1. The molecule has 0 radical (unpaired) electrons. The Labute approximate surface area is 142 Å². The van der Waals surface area contributed by atoms with E-state index in [1.165, 1.54) is 20.2 Å². The second kappa shape index (κ2) is 7.11. The van der Waals surface area contributed by atoms with Crippen molar-refractivity contribution in [2.45, 2.75) is 25.3 Å². The normalized spacial score (nSPS) is 11.5. The fourth-order valence-electron chi connectivity index (χ4n) is 2.21. The number of amides is 1. The van der Waals surface area contributed by atoms with Crippen LogP contribution in [0.5, 0.6) is 0 Å². The maximum absolute atomic E-state index is 12.4. The van der Waals surface area contributed by atoms with Gasteiger partial charge in [-0.3, -0.25) is 9.78 Å². The number of pyridine rings is 1. The first-order valence-corrected chi connectivity index (χ1v) is 8.88. The van der Waals surface area contributed by atoms with Crippen LogP contribution in [-0.4, -0.2) is 37.7 Å². The predicted molar refractivity (Wildman–Crippen MR) is 92.2 cm³/mol. The molecule has 2 aromatic rings. The SMILES string of the molecule is Cc1cc(C(=O)NCc2ccncc2)cc(S(=O)(=O)N(C)C)c1C. The summed E-state index contributed by atoms with van der Waals surface area (Å²) in [5, 5.41) is 2.79. The fourth-order valence-corrected chi connectivity index (χ4v) is 3.42. The highest BCUT2D eigenvalue weighted by Gasteiger charge is 2.22. The Balaban J connectivity index is 2.31. The van der Waals surface area contributed by atoms with Gasteiger partial charge in [0.1, 0.15) is 0 Å². The van der Waals surface area contributed by atoms with Gasteiger partial charge in [-0.05, 0) is 54.8 Å². The first-order chi connectivity index (χ1) is 11.2. The maximum atomic E-state index is 12.4. The third kappa shape index (κ3) is 3.80. The van der Waals surface area contributed by atoms with E-state index in [0.29, 0.717) is 17.7 Å². The van der Waals surface area contributed by atoms with Crippen LogP contribution in [0.4, 0.5) is 0 Å². The summed E-state index contributed by atoms with van der Waals surface area (Å²) in [5.41, 5.74) is 2.65. The molecule has 0 aliphatic rings. The third-order valence-electron chi connectivity index (χ3n) is 3.84. The Morgan fingerprint density at radius 2 is 1.79 bits per heavy atom. The molecular formula is C17H21N3O3S. The van der Waals surface area contributed by atoms with Crippen molar-refractivity contribution in [3.8, 4) is 0 Å². The second-order valence-electron chi connectivity index (χ2n) is 5.74. The minimum Gasteiger partial charge on any atom is -0.348 e. The van der Waals surface area contributed by atoms with Crippen LogP contribution in [0, 0.1) is 13.8 Å². The smallest absolute Gasteiger partial charge is 0.251 e. The Morgan fingerprint density at radius 3 is 2.38 bits per heavy atom. The van der Waals surface area contributed by atoms with Crippen molar-refractivity contribution in [2.75, 3.05) is 14.1 Å². The third-order valence-corrected chi connectivity index (χ3v) is 5.78. The predicted octanol–water partition coefficient (Wildman–Crippen LogP) is 1.88. The van der Waals surface area contributed by atoms with Crippen molar-refractivity contribution in [1.82, 2.24) is 14.6 Å². The number of aryl methyl sites for hydroxylation is 1. The van der Waals surface area contributed by atoms with Gasteiger partial charge in [-0.1, -0.05) is 0 Å². The molecule has 24 heavy (non-hydrogen) atoms. The summed E-state index contributed by atoms with van der Waals surface area (Å²) >= 11 is 0. The number of nitrogens with zero attached hydrogens (tertiary/aromatic N) is 2. The van der Waals surface area contributed by atoms with E-state index in [9.17, 15) is 13.2 Å². The molecule has 1 heterocycles. The highest BCUT2D eigenvalue weighted by Crippen LogP contribution is 2.23. The zero-order valence-electron chi connectivity index (χ0n) is 14.2. The molecule has 0 unspecified atom stereocenters. The number of hydrogen-bond donors (Lipinski definition) is 1. The van der Waals surface area contributed by atoms with Crippen LogP contribution in [0.15, 0.2) is 41.6 Å². The monoisotopic (exact) mass is 347 g/mol. The summed E-state index contributed by atoms with van der Waals surface area (Å²) in [6.45, 7) is 3.89. The van der Waals surface area contributed by atoms with Crippen LogP contribution in [0.25, 0.3) is 0 Å². The van der Waals surface area contributed by atoms with E-state index in [1.807, 2.05) is 12.1 Å². The minimum atomic E-state index is -3.61. The summed E-state index contributed by atoms with van der Waals surface area (Å²) in [6.07, 6.45) is 3.30. The van der Waals surface area contributed by atoms with Gasteiger partial charge in [0.25, 0.3) is 5.91 Å². The minimum absolute atomic E-state index is 0.154. The molecule has 0 bridgehead atoms. The fraction of sp³-hybridized carbons (Fsp3) is 0.294. The maximum Gasteiger partial charge on any atom is 0.251 e. The topological polar surface area (TPSA) is 79.4 Å². The molecular weight excluding hydrogens is 326 g/mol. The molecule has 7 heteroatoms. The van der Waals surface area contributed by atoms with E-state index < -0.39 is 10.0 Å². The largest absolute Gasteiger partial charge is 0.348 e. The van der Waals surface area contributed by atoms with Crippen molar-refractivity contribution in [2.24, 2.45) is 0 Å². The number of sulfonamides is 1. The number of nitrogens with one attached hydrogen (secondary N) is 1. The molecule has 2 rings (SSSR count). The number of rotatable bonds is 5. The van der Waals surface area contributed by atoms with Gasteiger partial charge in [-0.2, -0.15) is 0 Å². The van der Waals surface area contributed by atoms with Crippen LogP contribution in [0.1, 0.15) is 27.0 Å². The molecule has 1 amide bonds. The standard InChI is InChI=1S/C17H21N3O3S/c1-12-9-15(10-16(13(12)2)24(22,23)20(3)4)17(21)19-11-14-5-7-18-8-6-14/h5-10H,11H2,1-4H3,(H,19,21). The molecule has 0 spiro atoms. The summed E-state index contributed by atoms with van der Waals surface area (Å²) in [5.74, 6) is -0.315. The quantitative estimate of drug-likeness (QED) is 0.896. The van der Waals surface area contributed by atoms with Gasteiger partial charge in [-0.25, -0.2) is 12.7 Å². The zero-order valence-corrected chi connectivity index (χ0v) is 15.0. The molecule has 0 atom stereocenters. The van der Waals surface area contributed by atoms with Gasteiger partial charge in [0.15, 0.2) is 0 Å². The first kappa shape index (κ1) is 18.1. The van der Waals surface area contributed by atoms with Crippen molar-refractivity contribution in [3.63, 3.8) is 0 Å². The molecule has 1 aromatic carbocycles.